The van der Waals surface area contributed by atoms with Crippen molar-refractivity contribution >= 4 is 30.1 Å². The quantitative estimate of drug-likeness (QED) is 0.404. The molecule has 0 spiro atoms. The summed E-state index contributed by atoms with van der Waals surface area (Å²) in [5.74, 6) is 0. The summed E-state index contributed by atoms with van der Waals surface area (Å²) in [7, 11) is 1.24. The van der Waals surface area contributed by atoms with Crippen LogP contribution >= 0.6 is 22.9 Å². The van der Waals surface area contributed by atoms with E-state index in [-0.39, 0.29) is 0 Å². The van der Waals surface area contributed by atoms with Crippen molar-refractivity contribution in [1.82, 2.24) is 0 Å². The van der Waals surface area contributed by atoms with Crippen LogP contribution < -0.4 is 5.64 Å². The Balaban J connectivity index is 2.55. The summed E-state index contributed by atoms with van der Waals surface area (Å²) >= 11 is 1.80. The molecule has 0 radical (unpaired) electrons. The predicted octanol–water partition coefficient (Wildman–Crippen LogP) is 0.0979. The number of rotatable bonds is 0. The Labute approximate surface area is 39.2 Å². The van der Waals surface area contributed by atoms with Gasteiger partial charge in [0.15, 0.2) is 0 Å². The molecule has 0 aliphatic carbocycles. The summed E-state index contributed by atoms with van der Waals surface area (Å²) < 4.78 is 3.36. The van der Waals surface area contributed by atoms with Crippen LogP contribution in [-0.4, -0.2) is 7.21 Å². The minimum absolute atomic E-state index is 1.24. The summed E-state index contributed by atoms with van der Waals surface area (Å²) in [6.07, 6.45) is 0. The van der Waals surface area contributed by atoms with E-state index in [2.05, 4.69) is 3.11 Å². The van der Waals surface area contributed by atoms with Gasteiger partial charge >= 0.3 is 38.8 Å². The first-order valence-electron chi connectivity index (χ1n) is 0.761. The molecule has 0 rings (SSSR count). The van der Waals surface area contributed by atoms with Gasteiger partial charge in [-0.15, -0.1) is 0 Å². The molecule has 0 aliphatic rings. The van der Waals surface area contributed by atoms with Crippen molar-refractivity contribution in [1.29, 1.82) is 0 Å². The van der Waals surface area contributed by atoms with E-state index in [0.29, 0.717) is 0 Å². The number of hydrogen-bond donors (Lipinski definition) is 1. The van der Waals surface area contributed by atoms with Gasteiger partial charge in [0.05, 0.1) is 0 Å². The second-order valence-corrected chi connectivity index (χ2v) is 0.804. The van der Waals surface area contributed by atoms with E-state index in [0.717, 1.165) is 0 Å². The Kier molecular flexibility index (Phi) is 3.73. The van der Waals surface area contributed by atoms with Gasteiger partial charge in [-0.3, -0.25) is 0 Å². The summed E-state index contributed by atoms with van der Waals surface area (Å²) in [5.41, 5.74) is 4.73. The van der Waals surface area contributed by atoms with Crippen LogP contribution in [0.1, 0.15) is 0 Å². The SMILES string of the molecule is NB=NI. The molecule has 0 aliphatic heterocycles. The van der Waals surface area contributed by atoms with Crippen molar-refractivity contribution in [3.8, 4) is 0 Å². The van der Waals surface area contributed by atoms with E-state index in [4.69, 9.17) is 5.64 Å². The van der Waals surface area contributed by atoms with Crippen molar-refractivity contribution in [2.45, 2.75) is 0 Å². The van der Waals surface area contributed by atoms with Crippen molar-refractivity contribution in [2.75, 3.05) is 0 Å². The number of hydrogen-bond acceptors (Lipinski definition) is 1. The van der Waals surface area contributed by atoms with E-state index < -0.39 is 0 Å². The van der Waals surface area contributed by atoms with Gasteiger partial charge in [-0.2, -0.15) is 0 Å². The minimum atomic E-state index is 1.24. The molecular weight excluding hydrogens is 166 g/mol. The zero-order valence-corrected chi connectivity index (χ0v) is 4.14. The molecule has 4 heteroatoms. The zero-order chi connectivity index (χ0) is 3.41. The van der Waals surface area contributed by atoms with E-state index in [1.807, 2.05) is 0 Å². The Morgan fingerprint density at radius 3 is 2.25 bits per heavy atom. The Bertz CT molecular complexity index is 21.2. The van der Waals surface area contributed by atoms with Crippen LogP contribution in [0.3, 0.4) is 0 Å². The van der Waals surface area contributed by atoms with Crippen LogP contribution in [0, 0.1) is 0 Å². The normalized spacial score (nSPS) is 7.25. The third-order valence-corrected chi connectivity index (χ3v) is 0.378. The van der Waals surface area contributed by atoms with Gasteiger partial charge in [0.2, 0.25) is 0 Å². The van der Waals surface area contributed by atoms with E-state index in [1.54, 1.807) is 22.9 Å². The first kappa shape index (κ1) is 4.39. The number of nitrogens with zero attached hydrogens (tertiary/aromatic N) is 1. The van der Waals surface area contributed by atoms with E-state index in [9.17, 15) is 0 Å². The Hall–Kier alpha value is 0.395. The van der Waals surface area contributed by atoms with Crippen molar-refractivity contribution in [3.63, 3.8) is 0 Å². The molecule has 0 heterocycles. The van der Waals surface area contributed by atoms with Crippen LogP contribution in [-0.2, 0) is 0 Å². The van der Waals surface area contributed by atoms with Crippen LogP contribution in [0.15, 0.2) is 3.11 Å². The Morgan fingerprint density at radius 1 is 2.00 bits per heavy atom. The fourth-order valence-electron chi connectivity index (χ4n) is 0. The molecule has 2 nitrogen and oxygen atoms in total. The van der Waals surface area contributed by atoms with Gasteiger partial charge in [-0.1, -0.05) is 0 Å². The molecule has 22 valence electrons. The zero-order valence-electron chi connectivity index (χ0n) is 1.98. The fraction of sp³-hybridized carbons (Fsp3) is 0. The first-order chi connectivity index (χ1) is 1.91. The number of halogens is 1. The van der Waals surface area contributed by atoms with Gasteiger partial charge in [0, 0.05) is 0 Å². The molecule has 0 fully saturated rings. The second kappa shape index (κ2) is 3.39. The standard InChI is InChI=1S/BH2IN2/c2-4-1-3/h3H2. The average Bonchev–Trinajstić information content (AvgIpc) is 1.37. The third kappa shape index (κ3) is 2.39. The van der Waals surface area contributed by atoms with Crippen molar-refractivity contribution in [2.24, 2.45) is 8.75 Å². The van der Waals surface area contributed by atoms with Crippen LogP contribution in [0.5, 0.6) is 0 Å². The van der Waals surface area contributed by atoms with E-state index in [1.165, 1.54) is 7.21 Å². The molecule has 0 unspecified atom stereocenters. The maximum absolute atomic E-state index is 4.73. The molecule has 0 aromatic rings. The molecule has 0 bridgehead atoms. The van der Waals surface area contributed by atoms with Crippen molar-refractivity contribution in [3.05, 3.63) is 0 Å². The topological polar surface area (TPSA) is 38.4 Å². The molecule has 0 saturated carbocycles. The van der Waals surface area contributed by atoms with Gasteiger partial charge in [-0.05, 0) is 0 Å². The second-order valence-electron chi connectivity index (χ2n) is 0.247. The molecule has 0 aromatic carbocycles. The van der Waals surface area contributed by atoms with Crippen LogP contribution in [0.4, 0.5) is 0 Å². The van der Waals surface area contributed by atoms with Gasteiger partial charge < -0.3 is 0 Å². The van der Waals surface area contributed by atoms with Gasteiger partial charge in [0.25, 0.3) is 0 Å². The first-order valence-corrected chi connectivity index (χ1v) is 1.73. The molecule has 0 aromatic heterocycles. The predicted molar refractivity (Wildman–Crippen MR) is 26.4 cm³/mol. The summed E-state index contributed by atoms with van der Waals surface area (Å²) in [6, 6.07) is 0. The molecule has 0 amide bonds. The summed E-state index contributed by atoms with van der Waals surface area (Å²) in [4.78, 5) is 0. The molecule has 4 heavy (non-hydrogen) atoms. The van der Waals surface area contributed by atoms with Crippen LogP contribution in [0.25, 0.3) is 0 Å². The van der Waals surface area contributed by atoms with Gasteiger partial charge in [0.1, 0.15) is 0 Å². The summed E-state index contributed by atoms with van der Waals surface area (Å²) in [6.45, 7) is 0. The molecular formula is H2BIN2. The average molecular weight is 168 g/mol. The van der Waals surface area contributed by atoms with Gasteiger partial charge in [-0.25, -0.2) is 0 Å². The Morgan fingerprint density at radius 2 is 2.25 bits per heavy atom. The van der Waals surface area contributed by atoms with Crippen molar-refractivity contribution < 1.29 is 0 Å². The van der Waals surface area contributed by atoms with E-state index >= 15 is 0 Å². The third-order valence-electron chi connectivity index (χ3n) is 0.0563. The maximum atomic E-state index is 4.73. The summed E-state index contributed by atoms with van der Waals surface area (Å²) in [5, 5.41) is 0. The monoisotopic (exact) mass is 168 g/mol. The van der Waals surface area contributed by atoms with Crippen LogP contribution in [0.2, 0.25) is 0 Å². The molecule has 0 saturated heterocycles. The fourth-order valence-corrected chi connectivity index (χ4v) is 0. The molecule has 2 N–H and O–H groups in total. The number of nitrogens with two attached hydrogens (primary N) is 1. The molecule has 0 atom stereocenters.